The second kappa shape index (κ2) is 6.66. The van der Waals surface area contributed by atoms with E-state index in [1.165, 1.54) is 38.5 Å². The van der Waals surface area contributed by atoms with Crippen molar-refractivity contribution in [3.63, 3.8) is 0 Å². The number of phenolic OH excluding ortho intramolecular Hbond substituents is 1. The Hall–Kier alpha value is -1.51. The van der Waals surface area contributed by atoms with Crippen molar-refractivity contribution in [3.05, 3.63) is 29.8 Å². The first-order valence-corrected chi connectivity index (χ1v) is 9.94. The fourth-order valence-electron chi connectivity index (χ4n) is 6.64. The van der Waals surface area contributed by atoms with E-state index in [2.05, 4.69) is 6.07 Å². The van der Waals surface area contributed by atoms with E-state index in [-0.39, 0.29) is 17.3 Å². The summed E-state index contributed by atoms with van der Waals surface area (Å²) in [5, 5.41) is 9.63. The van der Waals surface area contributed by atoms with Crippen molar-refractivity contribution in [2.24, 2.45) is 29.1 Å². The van der Waals surface area contributed by atoms with Crippen LogP contribution < -0.4 is 0 Å². The van der Waals surface area contributed by atoms with E-state index in [4.69, 9.17) is 4.74 Å². The number of phenols is 1. The minimum atomic E-state index is 0.0119. The molecule has 0 heterocycles. The lowest BCUT2D eigenvalue weighted by molar-refractivity contribution is -0.162. The molecule has 4 aliphatic carbocycles. The molecule has 1 unspecified atom stereocenters. The molecule has 4 bridgehead atoms. The molecule has 0 amide bonds. The van der Waals surface area contributed by atoms with Gasteiger partial charge in [0.05, 0.1) is 13.0 Å². The lowest BCUT2D eigenvalue weighted by Gasteiger charge is -2.59. The molecular formula is C22H30O3. The van der Waals surface area contributed by atoms with Gasteiger partial charge < -0.3 is 9.84 Å². The van der Waals surface area contributed by atoms with Crippen LogP contribution in [0.5, 0.6) is 5.75 Å². The zero-order valence-electron chi connectivity index (χ0n) is 15.2. The van der Waals surface area contributed by atoms with E-state index in [9.17, 15) is 9.90 Å². The summed E-state index contributed by atoms with van der Waals surface area (Å²) in [7, 11) is 1.55. The monoisotopic (exact) mass is 342 g/mol. The van der Waals surface area contributed by atoms with Gasteiger partial charge in [0.2, 0.25) is 0 Å². The topological polar surface area (TPSA) is 46.5 Å². The van der Waals surface area contributed by atoms with E-state index in [0.717, 1.165) is 42.6 Å². The third kappa shape index (κ3) is 3.30. The molecule has 3 nitrogen and oxygen atoms in total. The summed E-state index contributed by atoms with van der Waals surface area (Å²) in [6.07, 6.45) is 10.7. The molecule has 4 saturated carbocycles. The van der Waals surface area contributed by atoms with E-state index in [1.54, 1.807) is 13.2 Å². The fraction of sp³-hybridized carbons (Fsp3) is 0.682. The third-order valence-corrected chi connectivity index (χ3v) is 7.18. The number of hydrogen-bond acceptors (Lipinski definition) is 3. The Balaban J connectivity index is 1.46. The smallest absolute Gasteiger partial charge is 0.309 e. The minimum Gasteiger partial charge on any atom is -0.508 e. The molecule has 1 aromatic rings. The molecule has 0 saturated heterocycles. The van der Waals surface area contributed by atoms with Crippen LogP contribution in [0.15, 0.2) is 24.3 Å². The summed E-state index contributed by atoms with van der Waals surface area (Å²) in [6, 6.07) is 7.48. The van der Waals surface area contributed by atoms with E-state index < -0.39 is 0 Å². The molecule has 0 spiro atoms. The zero-order chi connectivity index (χ0) is 17.4. The number of aromatic hydroxyl groups is 1. The number of ether oxygens (including phenoxy) is 1. The molecule has 5 rings (SSSR count). The van der Waals surface area contributed by atoms with Gasteiger partial charge in [-0.3, -0.25) is 4.79 Å². The van der Waals surface area contributed by atoms with Crippen LogP contribution in [0.25, 0.3) is 0 Å². The lowest BCUT2D eigenvalue weighted by atomic mass is 9.46. The van der Waals surface area contributed by atoms with Crippen LogP contribution in [0.2, 0.25) is 0 Å². The highest BCUT2D eigenvalue weighted by Gasteiger charge is 2.55. The van der Waals surface area contributed by atoms with Crippen LogP contribution in [0.4, 0.5) is 0 Å². The summed E-state index contributed by atoms with van der Waals surface area (Å²) in [5.74, 6) is 2.95. The van der Waals surface area contributed by atoms with Crippen molar-refractivity contribution in [1.29, 1.82) is 0 Å². The third-order valence-electron chi connectivity index (χ3n) is 7.18. The lowest BCUT2D eigenvalue weighted by Crippen LogP contribution is -2.51. The van der Waals surface area contributed by atoms with Crippen molar-refractivity contribution in [2.75, 3.05) is 7.11 Å². The molecule has 1 aromatic carbocycles. The summed E-state index contributed by atoms with van der Waals surface area (Å²) in [6.45, 7) is 0. The Morgan fingerprint density at radius 2 is 1.84 bits per heavy atom. The predicted molar refractivity (Wildman–Crippen MR) is 97.2 cm³/mol. The molecule has 0 aromatic heterocycles. The number of benzene rings is 1. The molecule has 0 radical (unpaired) electrons. The van der Waals surface area contributed by atoms with Crippen molar-refractivity contribution < 1.29 is 14.6 Å². The van der Waals surface area contributed by atoms with Crippen LogP contribution in [0.1, 0.15) is 56.9 Å². The first kappa shape index (κ1) is 16.9. The van der Waals surface area contributed by atoms with Gasteiger partial charge in [-0.05, 0) is 98.7 Å². The van der Waals surface area contributed by atoms with Crippen LogP contribution >= 0.6 is 0 Å². The number of aryl methyl sites for hydroxylation is 1. The van der Waals surface area contributed by atoms with Gasteiger partial charge in [0.1, 0.15) is 5.75 Å². The van der Waals surface area contributed by atoms with Gasteiger partial charge in [0.25, 0.3) is 0 Å². The number of carbonyl (C=O) groups is 1. The minimum absolute atomic E-state index is 0.0119. The average molecular weight is 342 g/mol. The Morgan fingerprint density at radius 3 is 2.40 bits per heavy atom. The van der Waals surface area contributed by atoms with Gasteiger partial charge in [-0.2, -0.15) is 0 Å². The fourth-order valence-corrected chi connectivity index (χ4v) is 6.64. The van der Waals surface area contributed by atoms with E-state index in [1.807, 2.05) is 12.1 Å². The molecular weight excluding hydrogens is 312 g/mol. The van der Waals surface area contributed by atoms with Gasteiger partial charge in [-0.1, -0.05) is 12.1 Å². The van der Waals surface area contributed by atoms with Crippen molar-refractivity contribution in [2.45, 2.75) is 57.8 Å². The highest BCUT2D eigenvalue weighted by Crippen LogP contribution is 2.63. The normalized spacial score (nSPS) is 34.0. The molecule has 0 aliphatic heterocycles. The van der Waals surface area contributed by atoms with Gasteiger partial charge in [-0.15, -0.1) is 0 Å². The summed E-state index contributed by atoms with van der Waals surface area (Å²) in [4.78, 5) is 12.7. The molecule has 1 N–H and O–H groups in total. The molecule has 4 aliphatic rings. The number of hydrogen-bond donors (Lipinski definition) is 1. The van der Waals surface area contributed by atoms with Crippen LogP contribution in [-0.2, 0) is 16.0 Å². The second-order valence-corrected chi connectivity index (χ2v) is 8.92. The maximum atomic E-state index is 12.7. The largest absolute Gasteiger partial charge is 0.508 e. The number of carbonyl (C=O) groups excluding carboxylic acids is 1. The summed E-state index contributed by atoms with van der Waals surface area (Å²) >= 11 is 0. The van der Waals surface area contributed by atoms with Crippen molar-refractivity contribution >= 4 is 5.97 Å². The van der Waals surface area contributed by atoms with Crippen molar-refractivity contribution in [3.8, 4) is 5.75 Å². The van der Waals surface area contributed by atoms with Crippen LogP contribution in [0, 0.1) is 29.1 Å². The SMILES string of the molecule is COC(=O)C(CCCc1cccc(O)c1)C12CC3CC(CC(C3)C1)C2. The zero-order valence-corrected chi connectivity index (χ0v) is 15.2. The van der Waals surface area contributed by atoms with Crippen molar-refractivity contribution in [1.82, 2.24) is 0 Å². The maximum absolute atomic E-state index is 12.7. The van der Waals surface area contributed by atoms with Gasteiger partial charge in [0, 0.05) is 0 Å². The van der Waals surface area contributed by atoms with Crippen LogP contribution in [-0.4, -0.2) is 18.2 Å². The molecule has 25 heavy (non-hydrogen) atoms. The van der Waals surface area contributed by atoms with Gasteiger partial charge in [0.15, 0.2) is 0 Å². The Bertz CT molecular complexity index is 601. The first-order valence-electron chi connectivity index (χ1n) is 9.94. The highest BCUT2D eigenvalue weighted by atomic mass is 16.5. The number of rotatable bonds is 6. The summed E-state index contributed by atoms with van der Waals surface area (Å²) in [5.41, 5.74) is 1.36. The molecule has 136 valence electrons. The summed E-state index contributed by atoms with van der Waals surface area (Å²) < 4.78 is 5.24. The average Bonchev–Trinajstić information content (AvgIpc) is 2.57. The first-order chi connectivity index (χ1) is 12.1. The molecule has 3 heteroatoms. The number of methoxy groups -OCH3 is 1. The Labute approximate surface area is 150 Å². The molecule has 1 atom stereocenters. The number of esters is 1. The quantitative estimate of drug-likeness (QED) is 0.761. The second-order valence-electron chi connectivity index (χ2n) is 8.92. The van der Waals surface area contributed by atoms with E-state index >= 15 is 0 Å². The van der Waals surface area contributed by atoms with Gasteiger partial charge >= 0.3 is 5.97 Å². The molecule has 4 fully saturated rings. The van der Waals surface area contributed by atoms with E-state index in [0.29, 0.717) is 5.75 Å². The Kier molecular flexibility index (Phi) is 4.51. The Morgan fingerprint density at radius 1 is 1.20 bits per heavy atom. The standard InChI is InChI=1S/C22H30O3/c1-25-21(24)20(7-3-5-15-4-2-6-19(23)11-15)22-12-16-8-17(13-22)10-18(9-16)14-22/h2,4,6,11,16-18,20,23H,3,5,7-10,12-14H2,1H3. The maximum Gasteiger partial charge on any atom is 0.309 e. The predicted octanol–water partition coefficient (Wildman–Crippen LogP) is 4.72. The van der Waals surface area contributed by atoms with Crippen LogP contribution in [0.3, 0.4) is 0 Å². The highest BCUT2D eigenvalue weighted by molar-refractivity contribution is 5.73. The van der Waals surface area contributed by atoms with Gasteiger partial charge in [-0.25, -0.2) is 0 Å².